The molecule has 2 N–H and O–H groups in total. The number of rotatable bonds is 6. The Morgan fingerprint density at radius 2 is 2.19 bits per heavy atom. The van der Waals surface area contributed by atoms with Crippen LogP contribution in [0, 0.1) is 5.92 Å². The van der Waals surface area contributed by atoms with Crippen molar-refractivity contribution >= 4 is 0 Å². The highest BCUT2D eigenvalue weighted by Crippen LogP contribution is 2.20. The molecule has 1 aromatic carbocycles. The Bertz CT molecular complexity index is 549. The molecule has 1 aliphatic heterocycles. The Hall–Kier alpha value is -1.65. The molecule has 1 unspecified atom stereocenters. The van der Waals surface area contributed by atoms with Gasteiger partial charge in [0.1, 0.15) is 0 Å². The summed E-state index contributed by atoms with van der Waals surface area (Å²) in [6.07, 6.45) is 3.25. The van der Waals surface area contributed by atoms with Gasteiger partial charge >= 0.3 is 0 Å². The van der Waals surface area contributed by atoms with E-state index in [1.807, 2.05) is 12.3 Å². The molecule has 2 aromatic rings. The van der Waals surface area contributed by atoms with Gasteiger partial charge in [0.15, 0.2) is 0 Å². The molecule has 0 amide bonds. The largest absolute Gasteiger partial charge is 0.312 e. The fraction of sp³-hybridized carbons (Fsp3) is 0.471. The van der Waals surface area contributed by atoms with Crippen molar-refractivity contribution in [3.05, 3.63) is 42.1 Å². The maximum Gasteiger partial charge on any atom is 0.0695 e. The fourth-order valence-electron chi connectivity index (χ4n) is 3.08. The number of H-pyrrole nitrogens is 1. The lowest BCUT2D eigenvalue weighted by molar-refractivity contribution is 0.339. The molecule has 112 valence electrons. The second-order valence-corrected chi connectivity index (χ2v) is 5.82. The van der Waals surface area contributed by atoms with Crippen molar-refractivity contribution in [1.29, 1.82) is 0 Å². The van der Waals surface area contributed by atoms with Crippen LogP contribution in [0.3, 0.4) is 0 Å². The first-order valence-electron chi connectivity index (χ1n) is 7.87. The van der Waals surface area contributed by atoms with Crippen molar-refractivity contribution in [2.24, 2.45) is 5.92 Å². The highest BCUT2D eigenvalue weighted by Gasteiger charge is 2.20. The van der Waals surface area contributed by atoms with E-state index in [0.717, 1.165) is 24.7 Å². The minimum Gasteiger partial charge on any atom is -0.312 e. The molecule has 0 bridgehead atoms. The number of benzene rings is 1. The maximum atomic E-state index is 4.20. The third-order valence-corrected chi connectivity index (χ3v) is 4.35. The molecule has 21 heavy (non-hydrogen) atoms. The molecule has 1 aliphatic rings. The van der Waals surface area contributed by atoms with Crippen molar-refractivity contribution in [3.8, 4) is 11.3 Å². The van der Waals surface area contributed by atoms with Crippen LogP contribution in [0.25, 0.3) is 11.3 Å². The molecule has 0 saturated carbocycles. The number of aromatic amines is 1. The zero-order valence-corrected chi connectivity index (χ0v) is 12.7. The fourth-order valence-corrected chi connectivity index (χ4v) is 3.08. The van der Waals surface area contributed by atoms with Crippen LogP contribution < -0.4 is 5.32 Å². The Morgan fingerprint density at radius 3 is 2.95 bits per heavy atom. The zero-order chi connectivity index (χ0) is 14.5. The number of nitrogens with zero attached hydrogens (tertiary/aromatic N) is 2. The van der Waals surface area contributed by atoms with E-state index in [-0.39, 0.29) is 0 Å². The van der Waals surface area contributed by atoms with E-state index in [4.69, 9.17) is 0 Å². The summed E-state index contributed by atoms with van der Waals surface area (Å²) >= 11 is 0. The number of nitrogens with one attached hydrogen (secondary N) is 2. The van der Waals surface area contributed by atoms with Gasteiger partial charge in [-0.1, -0.05) is 37.3 Å². The lowest BCUT2D eigenvalue weighted by Crippen LogP contribution is -2.26. The predicted molar refractivity (Wildman–Crippen MR) is 86.0 cm³/mol. The Balaban J connectivity index is 1.54. The van der Waals surface area contributed by atoms with Crippen molar-refractivity contribution in [2.45, 2.75) is 19.9 Å². The molecule has 1 saturated heterocycles. The normalized spacial score (nSPS) is 19.2. The summed E-state index contributed by atoms with van der Waals surface area (Å²) in [4.78, 5) is 2.53. The van der Waals surface area contributed by atoms with Crippen molar-refractivity contribution in [1.82, 2.24) is 20.4 Å². The van der Waals surface area contributed by atoms with E-state index >= 15 is 0 Å². The van der Waals surface area contributed by atoms with Gasteiger partial charge in [0.2, 0.25) is 0 Å². The molecular formula is C17H24N4. The second-order valence-electron chi connectivity index (χ2n) is 5.82. The molecule has 0 aliphatic carbocycles. The molecule has 0 radical (unpaired) electrons. The lowest BCUT2D eigenvalue weighted by Gasteiger charge is -2.13. The van der Waals surface area contributed by atoms with E-state index in [9.17, 15) is 0 Å². The van der Waals surface area contributed by atoms with E-state index in [2.05, 4.69) is 51.6 Å². The van der Waals surface area contributed by atoms with Crippen LogP contribution in [0.4, 0.5) is 0 Å². The van der Waals surface area contributed by atoms with Crippen molar-refractivity contribution in [2.75, 3.05) is 26.2 Å². The van der Waals surface area contributed by atoms with E-state index in [1.165, 1.54) is 37.2 Å². The number of aromatic nitrogens is 2. The smallest absolute Gasteiger partial charge is 0.0695 e. The minimum atomic E-state index is 0.789. The number of hydrogen-bond acceptors (Lipinski definition) is 3. The molecule has 2 heterocycles. The monoisotopic (exact) mass is 284 g/mol. The van der Waals surface area contributed by atoms with Crippen LogP contribution in [0.15, 0.2) is 36.5 Å². The van der Waals surface area contributed by atoms with Crippen molar-refractivity contribution in [3.63, 3.8) is 0 Å². The zero-order valence-electron chi connectivity index (χ0n) is 12.7. The highest BCUT2D eigenvalue weighted by molar-refractivity contribution is 5.62. The van der Waals surface area contributed by atoms with Crippen LogP contribution >= 0.6 is 0 Å². The SMILES string of the molecule is CCN1CCC(CNCc2cn[nH]c2-c2ccccc2)C1. The maximum absolute atomic E-state index is 4.20. The van der Waals surface area contributed by atoms with E-state index in [1.54, 1.807) is 0 Å². The van der Waals surface area contributed by atoms with Gasteiger partial charge in [-0.15, -0.1) is 0 Å². The predicted octanol–water partition coefficient (Wildman–Crippen LogP) is 2.51. The standard InChI is InChI=1S/C17H24N4/c1-2-21-9-8-14(13-21)10-18-11-16-12-19-20-17(16)15-6-4-3-5-7-15/h3-7,12,14,18H,2,8-11,13H2,1H3,(H,19,20). The summed E-state index contributed by atoms with van der Waals surface area (Å²) in [6.45, 7) is 7.88. The topological polar surface area (TPSA) is 44.0 Å². The van der Waals surface area contributed by atoms with Gasteiger partial charge in [0.05, 0.1) is 11.9 Å². The summed E-state index contributed by atoms with van der Waals surface area (Å²) in [5.41, 5.74) is 3.57. The van der Waals surface area contributed by atoms with Gasteiger partial charge in [-0.2, -0.15) is 5.10 Å². The van der Waals surface area contributed by atoms with Crippen LogP contribution in [-0.2, 0) is 6.54 Å². The molecule has 1 fully saturated rings. The highest BCUT2D eigenvalue weighted by atomic mass is 15.1. The van der Waals surface area contributed by atoms with Crippen LogP contribution in [0.5, 0.6) is 0 Å². The van der Waals surface area contributed by atoms with E-state index < -0.39 is 0 Å². The quantitative estimate of drug-likeness (QED) is 0.856. The first kappa shape index (κ1) is 14.3. The minimum absolute atomic E-state index is 0.789. The average Bonchev–Trinajstić information content (AvgIpc) is 3.17. The molecular weight excluding hydrogens is 260 g/mol. The van der Waals surface area contributed by atoms with Gasteiger partial charge in [-0.05, 0) is 37.5 Å². The lowest BCUT2D eigenvalue weighted by atomic mass is 10.1. The summed E-state index contributed by atoms with van der Waals surface area (Å²) in [5, 5.41) is 10.9. The van der Waals surface area contributed by atoms with Crippen LogP contribution in [0.1, 0.15) is 18.9 Å². The Kier molecular flexibility index (Phi) is 4.68. The molecule has 4 heteroatoms. The van der Waals surface area contributed by atoms with Gasteiger partial charge in [-0.3, -0.25) is 5.10 Å². The van der Waals surface area contributed by atoms with Crippen LogP contribution in [0.2, 0.25) is 0 Å². The summed E-state index contributed by atoms with van der Waals surface area (Å²) in [6, 6.07) is 10.4. The molecule has 1 aromatic heterocycles. The molecule has 3 rings (SSSR count). The van der Waals surface area contributed by atoms with Gasteiger partial charge < -0.3 is 10.2 Å². The first-order chi connectivity index (χ1) is 10.4. The Morgan fingerprint density at radius 1 is 1.33 bits per heavy atom. The van der Waals surface area contributed by atoms with Gasteiger partial charge in [0, 0.05) is 18.7 Å². The summed E-state index contributed by atoms with van der Waals surface area (Å²) in [7, 11) is 0. The van der Waals surface area contributed by atoms with Crippen molar-refractivity contribution < 1.29 is 0 Å². The third kappa shape index (κ3) is 3.52. The number of hydrogen-bond donors (Lipinski definition) is 2. The first-order valence-corrected chi connectivity index (χ1v) is 7.87. The third-order valence-electron chi connectivity index (χ3n) is 4.35. The molecule has 4 nitrogen and oxygen atoms in total. The molecule has 0 spiro atoms. The van der Waals surface area contributed by atoms with Gasteiger partial charge in [-0.25, -0.2) is 0 Å². The van der Waals surface area contributed by atoms with E-state index in [0.29, 0.717) is 0 Å². The average molecular weight is 284 g/mol. The Labute approximate surface area is 126 Å². The molecule has 1 atom stereocenters. The summed E-state index contributed by atoms with van der Waals surface area (Å²) in [5.74, 6) is 0.789. The number of likely N-dealkylation sites (tertiary alicyclic amines) is 1. The summed E-state index contributed by atoms with van der Waals surface area (Å²) < 4.78 is 0. The van der Waals surface area contributed by atoms with Crippen LogP contribution in [-0.4, -0.2) is 41.3 Å². The van der Waals surface area contributed by atoms with Gasteiger partial charge in [0.25, 0.3) is 0 Å². The second kappa shape index (κ2) is 6.87.